The summed E-state index contributed by atoms with van der Waals surface area (Å²) in [7, 11) is 0. The Balaban J connectivity index is 1.96. The molecule has 0 fully saturated rings. The van der Waals surface area contributed by atoms with Crippen molar-refractivity contribution >= 4 is 22.3 Å². The number of nitrogens with zero attached hydrogens (tertiary/aromatic N) is 4. The van der Waals surface area contributed by atoms with Crippen molar-refractivity contribution in [2.24, 2.45) is 10.2 Å². The first-order valence-corrected chi connectivity index (χ1v) is 5.60. The van der Waals surface area contributed by atoms with Gasteiger partial charge in [-0.2, -0.15) is 15.3 Å². The first-order chi connectivity index (χ1) is 8.74. The topological polar surface area (TPSA) is 82.1 Å². The van der Waals surface area contributed by atoms with Crippen molar-refractivity contribution in [1.82, 2.24) is 20.4 Å². The van der Waals surface area contributed by atoms with Crippen LogP contribution < -0.4 is 0 Å². The number of aromatic nitrogens is 4. The summed E-state index contributed by atoms with van der Waals surface area (Å²) in [6.07, 6.45) is 1.78. The van der Waals surface area contributed by atoms with Crippen LogP contribution in [0.2, 0.25) is 0 Å². The Bertz CT molecular complexity index is 702. The van der Waals surface area contributed by atoms with E-state index in [0.29, 0.717) is 0 Å². The lowest BCUT2D eigenvalue weighted by atomic mass is 10.2. The van der Waals surface area contributed by atoms with Crippen molar-refractivity contribution in [1.29, 1.82) is 0 Å². The van der Waals surface area contributed by atoms with Crippen LogP contribution in [0.25, 0.3) is 10.9 Å². The standard InChI is InChI=1S/C12H12N6/c1-7-12(8(2)15-14-7)18-16-10-4-3-9-6-13-17-11(9)5-10/h3-6H,1-2H3,(H,13,17)(H,14,15). The van der Waals surface area contributed by atoms with Crippen molar-refractivity contribution in [3.63, 3.8) is 0 Å². The highest BCUT2D eigenvalue weighted by molar-refractivity contribution is 5.80. The van der Waals surface area contributed by atoms with Crippen LogP contribution >= 0.6 is 0 Å². The number of azo groups is 1. The predicted molar refractivity (Wildman–Crippen MR) is 68.3 cm³/mol. The van der Waals surface area contributed by atoms with Gasteiger partial charge in [0, 0.05) is 5.39 Å². The molecule has 0 saturated heterocycles. The van der Waals surface area contributed by atoms with Gasteiger partial charge in [0.25, 0.3) is 0 Å². The van der Waals surface area contributed by atoms with Gasteiger partial charge in [-0.05, 0) is 32.0 Å². The summed E-state index contributed by atoms with van der Waals surface area (Å²) in [5, 5.41) is 23.3. The lowest BCUT2D eigenvalue weighted by Crippen LogP contribution is -1.70. The Labute approximate surface area is 103 Å². The lowest BCUT2D eigenvalue weighted by molar-refractivity contribution is 1.02. The normalized spacial score (nSPS) is 11.7. The Morgan fingerprint density at radius 3 is 2.78 bits per heavy atom. The minimum absolute atomic E-state index is 0.784. The maximum Gasteiger partial charge on any atom is 0.129 e. The van der Waals surface area contributed by atoms with Gasteiger partial charge in [-0.1, -0.05) is 0 Å². The molecule has 2 N–H and O–H groups in total. The second kappa shape index (κ2) is 4.06. The molecule has 90 valence electrons. The largest absolute Gasteiger partial charge is 0.280 e. The van der Waals surface area contributed by atoms with E-state index in [0.717, 1.165) is 33.7 Å². The summed E-state index contributed by atoms with van der Waals surface area (Å²) in [5.74, 6) is 0. The average Bonchev–Trinajstić information content (AvgIpc) is 2.94. The van der Waals surface area contributed by atoms with Gasteiger partial charge in [-0.15, -0.1) is 5.11 Å². The number of nitrogens with one attached hydrogen (secondary N) is 2. The van der Waals surface area contributed by atoms with Gasteiger partial charge in [-0.25, -0.2) is 0 Å². The summed E-state index contributed by atoms with van der Waals surface area (Å²) >= 11 is 0. The van der Waals surface area contributed by atoms with E-state index in [1.165, 1.54) is 0 Å². The molecule has 0 radical (unpaired) electrons. The van der Waals surface area contributed by atoms with E-state index in [4.69, 9.17) is 0 Å². The fourth-order valence-corrected chi connectivity index (χ4v) is 1.79. The molecule has 6 heteroatoms. The summed E-state index contributed by atoms with van der Waals surface area (Å²) in [4.78, 5) is 0. The minimum atomic E-state index is 0.784. The van der Waals surface area contributed by atoms with Crippen molar-refractivity contribution in [3.05, 3.63) is 35.8 Å². The predicted octanol–water partition coefficient (Wildman–Crippen LogP) is 3.32. The number of hydrogen-bond donors (Lipinski definition) is 2. The molecule has 0 aliphatic rings. The Hall–Kier alpha value is -2.50. The van der Waals surface area contributed by atoms with Crippen LogP contribution in [-0.4, -0.2) is 20.4 Å². The van der Waals surface area contributed by atoms with Gasteiger partial charge < -0.3 is 0 Å². The van der Waals surface area contributed by atoms with Crippen LogP contribution in [0, 0.1) is 13.8 Å². The van der Waals surface area contributed by atoms with Gasteiger partial charge in [0.1, 0.15) is 5.69 Å². The van der Waals surface area contributed by atoms with Crippen molar-refractivity contribution in [3.8, 4) is 0 Å². The second-order valence-corrected chi connectivity index (χ2v) is 4.12. The first kappa shape index (κ1) is 10.6. The van der Waals surface area contributed by atoms with Crippen LogP contribution in [0.15, 0.2) is 34.6 Å². The molecule has 1 aromatic carbocycles. The van der Waals surface area contributed by atoms with Crippen LogP contribution in [0.5, 0.6) is 0 Å². The smallest absolute Gasteiger partial charge is 0.129 e. The van der Waals surface area contributed by atoms with Crippen LogP contribution in [0.1, 0.15) is 11.4 Å². The quantitative estimate of drug-likeness (QED) is 0.673. The highest BCUT2D eigenvalue weighted by Gasteiger charge is 2.04. The van der Waals surface area contributed by atoms with Gasteiger partial charge in [0.2, 0.25) is 0 Å². The molecule has 0 amide bonds. The van der Waals surface area contributed by atoms with E-state index >= 15 is 0 Å². The fourth-order valence-electron chi connectivity index (χ4n) is 1.79. The maximum absolute atomic E-state index is 4.22. The highest BCUT2D eigenvalue weighted by Crippen LogP contribution is 2.25. The molecule has 0 saturated carbocycles. The summed E-state index contributed by atoms with van der Waals surface area (Å²) in [5.41, 5.74) is 4.29. The lowest BCUT2D eigenvalue weighted by Gasteiger charge is -1.93. The molecule has 6 nitrogen and oxygen atoms in total. The van der Waals surface area contributed by atoms with E-state index in [1.807, 2.05) is 32.0 Å². The van der Waals surface area contributed by atoms with Gasteiger partial charge in [-0.3, -0.25) is 10.2 Å². The summed E-state index contributed by atoms with van der Waals surface area (Å²) in [6, 6.07) is 5.78. The molecule has 0 spiro atoms. The zero-order valence-corrected chi connectivity index (χ0v) is 10.1. The van der Waals surface area contributed by atoms with Crippen molar-refractivity contribution in [2.75, 3.05) is 0 Å². The van der Waals surface area contributed by atoms with Crippen LogP contribution in [0.4, 0.5) is 11.4 Å². The Morgan fingerprint density at radius 2 is 2.00 bits per heavy atom. The Morgan fingerprint density at radius 1 is 1.11 bits per heavy atom. The van der Waals surface area contributed by atoms with E-state index < -0.39 is 0 Å². The maximum atomic E-state index is 4.22. The van der Waals surface area contributed by atoms with Crippen molar-refractivity contribution < 1.29 is 0 Å². The summed E-state index contributed by atoms with van der Waals surface area (Å²) < 4.78 is 0. The van der Waals surface area contributed by atoms with Crippen molar-refractivity contribution in [2.45, 2.75) is 13.8 Å². The molecule has 0 aliphatic carbocycles. The number of fused-ring (bicyclic) bond motifs is 1. The van der Waals surface area contributed by atoms with Crippen LogP contribution in [0.3, 0.4) is 0 Å². The molecule has 0 aliphatic heterocycles. The number of aryl methyl sites for hydroxylation is 2. The molecule has 3 aromatic rings. The molecule has 18 heavy (non-hydrogen) atoms. The molecule has 2 aromatic heterocycles. The molecule has 0 unspecified atom stereocenters. The van der Waals surface area contributed by atoms with Gasteiger partial charge in [0.15, 0.2) is 0 Å². The molecule has 0 atom stereocenters. The first-order valence-electron chi connectivity index (χ1n) is 5.60. The third-order valence-electron chi connectivity index (χ3n) is 2.78. The zero-order valence-electron chi connectivity index (χ0n) is 10.1. The molecule has 2 heterocycles. The van der Waals surface area contributed by atoms with Gasteiger partial charge in [0.05, 0.1) is 28.8 Å². The molecular formula is C12H12N6. The van der Waals surface area contributed by atoms with E-state index in [-0.39, 0.29) is 0 Å². The Kier molecular flexibility index (Phi) is 2.40. The monoisotopic (exact) mass is 240 g/mol. The highest BCUT2D eigenvalue weighted by atomic mass is 15.2. The van der Waals surface area contributed by atoms with E-state index in [9.17, 15) is 0 Å². The number of benzene rings is 1. The number of rotatable bonds is 2. The van der Waals surface area contributed by atoms with Crippen LogP contribution in [-0.2, 0) is 0 Å². The fraction of sp³-hybridized carbons (Fsp3) is 0.167. The average molecular weight is 240 g/mol. The van der Waals surface area contributed by atoms with Gasteiger partial charge >= 0.3 is 0 Å². The van der Waals surface area contributed by atoms with E-state index in [1.54, 1.807) is 6.20 Å². The SMILES string of the molecule is Cc1n[nH]c(C)c1N=Nc1ccc2cn[nH]c2c1. The minimum Gasteiger partial charge on any atom is -0.280 e. The summed E-state index contributed by atoms with van der Waals surface area (Å²) in [6.45, 7) is 3.82. The zero-order chi connectivity index (χ0) is 12.5. The molecular weight excluding hydrogens is 228 g/mol. The molecule has 0 bridgehead atoms. The second-order valence-electron chi connectivity index (χ2n) is 4.12. The number of aromatic amines is 2. The van der Waals surface area contributed by atoms with E-state index in [2.05, 4.69) is 30.6 Å². The number of hydrogen-bond acceptors (Lipinski definition) is 4. The molecule has 3 rings (SSSR count). The third kappa shape index (κ3) is 1.77. The number of H-pyrrole nitrogens is 2. The third-order valence-corrected chi connectivity index (χ3v) is 2.78.